The number of hydrazine groups is 1. The van der Waals surface area contributed by atoms with Crippen molar-refractivity contribution in [1.82, 2.24) is 5.01 Å². The van der Waals surface area contributed by atoms with E-state index >= 15 is 0 Å². The lowest BCUT2D eigenvalue weighted by molar-refractivity contribution is 0.253. The van der Waals surface area contributed by atoms with E-state index in [2.05, 4.69) is 31.3 Å². The van der Waals surface area contributed by atoms with Gasteiger partial charge in [-0.1, -0.05) is 36.9 Å². The van der Waals surface area contributed by atoms with E-state index in [1.54, 1.807) is 5.01 Å². The molecule has 3 heteroatoms. The van der Waals surface area contributed by atoms with Crippen LogP contribution in [-0.4, -0.2) is 12.1 Å². The molecule has 0 bridgehead atoms. The molecule has 14 heavy (non-hydrogen) atoms. The van der Waals surface area contributed by atoms with Gasteiger partial charge in [0.2, 0.25) is 0 Å². The van der Waals surface area contributed by atoms with Crippen molar-refractivity contribution in [3.05, 3.63) is 47.4 Å². The van der Waals surface area contributed by atoms with Crippen LogP contribution in [-0.2, 0) is 0 Å². The molecule has 1 unspecified atom stereocenters. The molecule has 0 aliphatic carbocycles. The fourth-order valence-electron chi connectivity index (χ4n) is 1.40. The summed E-state index contributed by atoms with van der Waals surface area (Å²) in [6, 6.07) is 10.3. The van der Waals surface area contributed by atoms with E-state index in [4.69, 9.17) is 5.84 Å². The molecule has 1 rings (SSSR count). The van der Waals surface area contributed by atoms with Gasteiger partial charge in [0.05, 0.1) is 6.04 Å². The van der Waals surface area contributed by atoms with E-state index in [-0.39, 0.29) is 6.04 Å². The standard InChI is InChI=1S/C11H16N2S/c1-9(14)8-11(13(2)12)10-6-4-3-5-7-10/h3-7,11,14H,1,8,12H2,2H3. The first-order chi connectivity index (χ1) is 6.61. The molecule has 1 aromatic carbocycles. The smallest absolute Gasteiger partial charge is 0.0532 e. The topological polar surface area (TPSA) is 29.3 Å². The highest BCUT2D eigenvalue weighted by atomic mass is 32.1. The number of nitrogens with zero attached hydrogens (tertiary/aromatic N) is 1. The van der Waals surface area contributed by atoms with E-state index in [1.165, 1.54) is 5.56 Å². The van der Waals surface area contributed by atoms with Crippen molar-refractivity contribution in [2.75, 3.05) is 7.05 Å². The summed E-state index contributed by atoms with van der Waals surface area (Å²) in [6.07, 6.45) is 0.764. The molecule has 76 valence electrons. The molecular formula is C11H16N2S. The van der Waals surface area contributed by atoms with Crippen molar-refractivity contribution in [1.29, 1.82) is 0 Å². The van der Waals surface area contributed by atoms with E-state index in [0.29, 0.717) is 0 Å². The largest absolute Gasteiger partial charge is 0.268 e. The monoisotopic (exact) mass is 208 g/mol. The highest BCUT2D eigenvalue weighted by Gasteiger charge is 2.13. The summed E-state index contributed by atoms with van der Waals surface area (Å²) in [5, 5.41) is 1.69. The number of thiol groups is 1. The predicted molar refractivity (Wildman–Crippen MR) is 63.9 cm³/mol. The normalized spacial score (nSPS) is 12.9. The summed E-state index contributed by atoms with van der Waals surface area (Å²) in [5.41, 5.74) is 1.19. The third-order valence-corrected chi connectivity index (χ3v) is 2.29. The molecule has 0 heterocycles. The van der Waals surface area contributed by atoms with E-state index in [0.717, 1.165) is 11.3 Å². The average Bonchev–Trinajstić information content (AvgIpc) is 2.15. The Balaban J connectivity index is 2.83. The summed E-state index contributed by atoms with van der Waals surface area (Å²) in [4.78, 5) is 0.844. The molecule has 2 nitrogen and oxygen atoms in total. The molecule has 2 N–H and O–H groups in total. The minimum atomic E-state index is 0.154. The second kappa shape index (κ2) is 5.20. The van der Waals surface area contributed by atoms with Crippen molar-refractivity contribution in [2.45, 2.75) is 12.5 Å². The molecule has 0 amide bonds. The number of nitrogens with two attached hydrogens (primary N) is 1. The van der Waals surface area contributed by atoms with Crippen molar-refractivity contribution < 1.29 is 0 Å². The maximum Gasteiger partial charge on any atom is 0.0532 e. The highest BCUT2D eigenvalue weighted by molar-refractivity contribution is 7.84. The van der Waals surface area contributed by atoms with Crippen molar-refractivity contribution in [3.63, 3.8) is 0 Å². The molecule has 0 saturated heterocycles. The summed E-state index contributed by atoms with van der Waals surface area (Å²) >= 11 is 4.21. The van der Waals surface area contributed by atoms with Crippen LogP contribution in [0.15, 0.2) is 41.8 Å². The van der Waals surface area contributed by atoms with E-state index in [9.17, 15) is 0 Å². The molecule has 1 atom stereocenters. The van der Waals surface area contributed by atoms with Gasteiger partial charge in [0.15, 0.2) is 0 Å². The lowest BCUT2D eigenvalue weighted by Crippen LogP contribution is -2.31. The van der Waals surface area contributed by atoms with Gasteiger partial charge in [-0.2, -0.15) is 0 Å². The van der Waals surface area contributed by atoms with Crippen molar-refractivity contribution in [3.8, 4) is 0 Å². The van der Waals surface area contributed by atoms with Crippen molar-refractivity contribution >= 4 is 12.6 Å². The molecule has 0 aliphatic heterocycles. The zero-order valence-corrected chi connectivity index (χ0v) is 9.24. The number of rotatable bonds is 4. The summed E-state index contributed by atoms with van der Waals surface area (Å²) in [6.45, 7) is 3.78. The van der Waals surface area contributed by atoms with Gasteiger partial charge in [-0.25, -0.2) is 5.01 Å². The van der Waals surface area contributed by atoms with E-state index < -0.39 is 0 Å². The van der Waals surface area contributed by atoms with Gasteiger partial charge in [-0.3, -0.25) is 5.84 Å². The van der Waals surface area contributed by atoms with Gasteiger partial charge in [-0.05, 0) is 16.9 Å². The third kappa shape index (κ3) is 3.18. The average molecular weight is 208 g/mol. The molecule has 0 saturated carbocycles. The molecule has 1 aromatic rings. The minimum Gasteiger partial charge on any atom is -0.268 e. The fourth-order valence-corrected chi connectivity index (χ4v) is 1.57. The Labute approximate surface area is 90.8 Å². The van der Waals surface area contributed by atoms with Crippen molar-refractivity contribution in [2.24, 2.45) is 5.84 Å². The van der Waals surface area contributed by atoms with Crippen LogP contribution in [0, 0.1) is 0 Å². The van der Waals surface area contributed by atoms with Crippen LogP contribution in [0.4, 0.5) is 0 Å². The predicted octanol–water partition coefficient (Wildman–Crippen LogP) is 2.37. The first-order valence-electron chi connectivity index (χ1n) is 4.50. The molecule has 0 aromatic heterocycles. The van der Waals surface area contributed by atoms with Crippen LogP contribution >= 0.6 is 12.6 Å². The summed E-state index contributed by atoms with van der Waals surface area (Å²) in [7, 11) is 1.86. The van der Waals surface area contributed by atoms with Crippen LogP contribution in [0.5, 0.6) is 0 Å². The third-order valence-electron chi connectivity index (χ3n) is 2.10. The second-order valence-electron chi connectivity index (χ2n) is 3.36. The Bertz CT molecular complexity index is 295. The number of hydrogen-bond acceptors (Lipinski definition) is 3. The highest BCUT2D eigenvalue weighted by Crippen LogP contribution is 2.24. The maximum atomic E-state index is 5.78. The quantitative estimate of drug-likeness (QED) is 0.452. The second-order valence-corrected chi connectivity index (χ2v) is 3.99. The lowest BCUT2D eigenvalue weighted by atomic mass is 10.0. The number of hydrogen-bond donors (Lipinski definition) is 2. The first kappa shape index (κ1) is 11.3. The maximum absolute atomic E-state index is 5.78. The van der Waals surface area contributed by atoms with Crippen LogP contribution in [0.1, 0.15) is 18.0 Å². The lowest BCUT2D eigenvalue weighted by Gasteiger charge is -2.24. The Kier molecular flexibility index (Phi) is 4.20. The zero-order valence-electron chi connectivity index (χ0n) is 8.35. The van der Waals surface area contributed by atoms with Gasteiger partial charge in [-0.15, -0.1) is 12.6 Å². The van der Waals surface area contributed by atoms with Crippen LogP contribution < -0.4 is 5.84 Å². The minimum absolute atomic E-state index is 0.154. The van der Waals surface area contributed by atoms with Gasteiger partial charge in [0, 0.05) is 7.05 Å². The molecule has 0 aliphatic rings. The number of benzene rings is 1. The molecule has 0 spiro atoms. The fraction of sp³-hybridized carbons (Fsp3) is 0.273. The summed E-state index contributed by atoms with van der Waals surface area (Å²) < 4.78 is 0. The van der Waals surface area contributed by atoms with Gasteiger partial charge in [0.25, 0.3) is 0 Å². The van der Waals surface area contributed by atoms with Crippen LogP contribution in [0.3, 0.4) is 0 Å². The first-order valence-corrected chi connectivity index (χ1v) is 4.95. The Morgan fingerprint density at radius 2 is 2.07 bits per heavy atom. The van der Waals surface area contributed by atoms with Crippen LogP contribution in [0.2, 0.25) is 0 Å². The van der Waals surface area contributed by atoms with Crippen LogP contribution in [0.25, 0.3) is 0 Å². The Hall–Kier alpha value is -0.770. The van der Waals surface area contributed by atoms with Gasteiger partial charge in [0.1, 0.15) is 0 Å². The molecular weight excluding hydrogens is 192 g/mol. The Morgan fingerprint density at radius 1 is 1.50 bits per heavy atom. The van der Waals surface area contributed by atoms with Gasteiger partial charge < -0.3 is 0 Å². The molecule has 0 radical (unpaired) electrons. The zero-order chi connectivity index (χ0) is 10.6. The van der Waals surface area contributed by atoms with E-state index in [1.807, 2.05) is 25.2 Å². The Morgan fingerprint density at radius 3 is 2.50 bits per heavy atom. The SMILES string of the molecule is C=C(S)CC(c1ccccc1)N(C)N. The summed E-state index contributed by atoms with van der Waals surface area (Å²) in [5.74, 6) is 5.78. The van der Waals surface area contributed by atoms with Gasteiger partial charge >= 0.3 is 0 Å². The molecule has 0 fully saturated rings.